The predicted octanol–water partition coefficient (Wildman–Crippen LogP) is 4.42. The molecule has 1 aromatic rings. The van der Waals surface area contributed by atoms with Crippen molar-refractivity contribution < 1.29 is 1.37 Å². The SMILES string of the molecule is [2H]C(C)(C)c1cccc(C)c1C(C)(C)C. The highest BCUT2D eigenvalue weighted by Gasteiger charge is 2.20. The van der Waals surface area contributed by atoms with Gasteiger partial charge in [-0.1, -0.05) is 52.8 Å². The van der Waals surface area contributed by atoms with Gasteiger partial charge < -0.3 is 0 Å². The van der Waals surface area contributed by atoms with Gasteiger partial charge >= 0.3 is 0 Å². The van der Waals surface area contributed by atoms with Crippen LogP contribution < -0.4 is 0 Å². The Kier molecular flexibility index (Phi) is 2.62. The molecular weight excluding hydrogens is 168 g/mol. The highest BCUT2D eigenvalue weighted by molar-refractivity contribution is 5.41. The first-order chi connectivity index (χ1) is 6.64. The number of hydrogen-bond donors (Lipinski definition) is 0. The fourth-order valence-electron chi connectivity index (χ4n) is 2.08. The zero-order valence-electron chi connectivity index (χ0n) is 11.2. The van der Waals surface area contributed by atoms with E-state index in [0.717, 1.165) is 5.56 Å². The Morgan fingerprint density at radius 1 is 1.21 bits per heavy atom. The summed E-state index contributed by atoms with van der Waals surface area (Å²) in [6.07, 6.45) is 0. The second-order valence-electron chi connectivity index (χ2n) is 5.25. The van der Waals surface area contributed by atoms with Crippen molar-refractivity contribution in [2.75, 3.05) is 0 Å². The Hall–Kier alpha value is -0.780. The molecule has 0 atom stereocenters. The van der Waals surface area contributed by atoms with Crippen LogP contribution in [-0.4, -0.2) is 0 Å². The summed E-state index contributed by atoms with van der Waals surface area (Å²) in [5.41, 5.74) is 3.87. The van der Waals surface area contributed by atoms with Crippen LogP contribution in [0.5, 0.6) is 0 Å². The molecule has 0 aliphatic rings. The lowest BCUT2D eigenvalue weighted by molar-refractivity contribution is 0.573. The number of hydrogen-bond acceptors (Lipinski definition) is 0. The number of aryl methyl sites for hydroxylation is 1. The van der Waals surface area contributed by atoms with Crippen LogP contribution in [0.3, 0.4) is 0 Å². The van der Waals surface area contributed by atoms with Gasteiger partial charge in [0, 0.05) is 1.37 Å². The zero-order chi connectivity index (χ0) is 11.9. The van der Waals surface area contributed by atoms with E-state index >= 15 is 0 Å². The molecule has 0 bridgehead atoms. The first-order valence-corrected chi connectivity index (χ1v) is 5.24. The van der Waals surface area contributed by atoms with E-state index in [1.54, 1.807) is 0 Å². The van der Waals surface area contributed by atoms with Gasteiger partial charge in [-0.3, -0.25) is 0 Å². The van der Waals surface area contributed by atoms with E-state index < -0.39 is 5.89 Å². The van der Waals surface area contributed by atoms with Crippen molar-refractivity contribution in [3.05, 3.63) is 34.9 Å². The maximum Gasteiger partial charge on any atom is 0.0347 e. The maximum atomic E-state index is 8.19. The van der Waals surface area contributed by atoms with Crippen molar-refractivity contribution in [2.24, 2.45) is 0 Å². The van der Waals surface area contributed by atoms with Crippen LogP contribution in [0.1, 0.15) is 58.6 Å². The summed E-state index contributed by atoms with van der Waals surface area (Å²) in [6, 6.07) is 6.27. The van der Waals surface area contributed by atoms with Gasteiger partial charge in [-0.25, -0.2) is 0 Å². The van der Waals surface area contributed by atoms with E-state index in [1.165, 1.54) is 11.1 Å². The smallest absolute Gasteiger partial charge is 0.0347 e. The third-order valence-electron chi connectivity index (χ3n) is 2.56. The monoisotopic (exact) mass is 191 g/mol. The second-order valence-corrected chi connectivity index (χ2v) is 5.25. The van der Waals surface area contributed by atoms with Crippen molar-refractivity contribution >= 4 is 0 Å². The molecule has 0 heteroatoms. The Balaban J connectivity index is 3.48. The van der Waals surface area contributed by atoms with E-state index in [1.807, 2.05) is 13.8 Å². The normalized spacial score (nSPS) is 14.0. The molecule has 0 unspecified atom stereocenters. The van der Waals surface area contributed by atoms with Crippen molar-refractivity contribution in [3.63, 3.8) is 0 Å². The molecule has 0 amide bonds. The van der Waals surface area contributed by atoms with Crippen LogP contribution >= 0.6 is 0 Å². The lowest BCUT2D eigenvalue weighted by Gasteiger charge is -2.27. The second kappa shape index (κ2) is 3.76. The topological polar surface area (TPSA) is 0 Å². The van der Waals surface area contributed by atoms with Crippen LogP contribution in [0.15, 0.2) is 18.2 Å². The Labute approximate surface area is 89.8 Å². The lowest BCUT2D eigenvalue weighted by atomic mass is 9.78. The van der Waals surface area contributed by atoms with E-state index in [4.69, 9.17) is 1.37 Å². The highest BCUT2D eigenvalue weighted by atomic mass is 14.3. The molecule has 0 saturated heterocycles. The van der Waals surface area contributed by atoms with Crippen LogP contribution in [0, 0.1) is 6.92 Å². The van der Waals surface area contributed by atoms with Crippen molar-refractivity contribution in [1.82, 2.24) is 0 Å². The highest BCUT2D eigenvalue weighted by Crippen LogP contribution is 2.32. The van der Waals surface area contributed by atoms with Gasteiger partial charge in [-0.15, -0.1) is 0 Å². The fourth-order valence-corrected chi connectivity index (χ4v) is 2.08. The van der Waals surface area contributed by atoms with E-state index in [2.05, 4.69) is 45.9 Å². The van der Waals surface area contributed by atoms with Crippen LogP contribution in [0.4, 0.5) is 0 Å². The molecule has 0 aliphatic carbocycles. The average molecular weight is 191 g/mol. The minimum atomic E-state index is -0.519. The van der Waals surface area contributed by atoms with E-state index in [-0.39, 0.29) is 5.41 Å². The molecular formula is C14H22. The number of benzene rings is 1. The molecule has 0 fully saturated rings. The molecule has 0 radical (unpaired) electrons. The van der Waals surface area contributed by atoms with Gasteiger partial charge in [0.25, 0.3) is 0 Å². The summed E-state index contributed by atoms with van der Waals surface area (Å²) in [7, 11) is 0. The van der Waals surface area contributed by atoms with Gasteiger partial charge in [0.05, 0.1) is 0 Å². The molecule has 0 aliphatic heterocycles. The van der Waals surface area contributed by atoms with Gasteiger partial charge in [0.15, 0.2) is 0 Å². The summed E-state index contributed by atoms with van der Waals surface area (Å²) in [6.45, 7) is 12.7. The van der Waals surface area contributed by atoms with Crippen LogP contribution in [-0.2, 0) is 5.41 Å². The quantitative estimate of drug-likeness (QED) is 0.616. The summed E-state index contributed by atoms with van der Waals surface area (Å²) in [5.74, 6) is -0.519. The molecule has 0 nitrogen and oxygen atoms in total. The summed E-state index contributed by atoms with van der Waals surface area (Å²) in [5, 5.41) is 0. The third kappa shape index (κ3) is 2.17. The van der Waals surface area contributed by atoms with Gasteiger partial charge in [0.2, 0.25) is 0 Å². The minimum Gasteiger partial charge on any atom is -0.0617 e. The molecule has 0 aromatic heterocycles. The molecule has 14 heavy (non-hydrogen) atoms. The standard InChI is InChI=1S/C14H22/c1-10(2)12-9-7-8-11(3)13(12)14(4,5)6/h7-10H,1-6H3/i10D. The van der Waals surface area contributed by atoms with Gasteiger partial charge in [0.1, 0.15) is 0 Å². The molecule has 0 spiro atoms. The molecule has 0 N–H and O–H groups in total. The van der Waals surface area contributed by atoms with Gasteiger partial charge in [-0.05, 0) is 34.9 Å². The first-order valence-electron chi connectivity index (χ1n) is 5.74. The van der Waals surface area contributed by atoms with E-state index in [0.29, 0.717) is 0 Å². The maximum absolute atomic E-state index is 8.19. The number of rotatable bonds is 1. The summed E-state index contributed by atoms with van der Waals surface area (Å²) in [4.78, 5) is 0. The molecule has 1 rings (SSSR count). The fraction of sp³-hybridized carbons (Fsp3) is 0.571. The van der Waals surface area contributed by atoms with Crippen LogP contribution in [0.2, 0.25) is 0 Å². The summed E-state index contributed by atoms with van der Waals surface area (Å²) >= 11 is 0. The summed E-state index contributed by atoms with van der Waals surface area (Å²) < 4.78 is 8.19. The molecule has 78 valence electrons. The third-order valence-corrected chi connectivity index (χ3v) is 2.56. The van der Waals surface area contributed by atoms with E-state index in [9.17, 15) is 0 Å². The largest absolute Gasteiger partial charge is 0.0617 e. The Morgan fingerprint density at radius 2 is 1.79 bits per heavy atom. The first kappa shape index (κ1) is 9.76. The van der Waals surface area contributed by atoms with Gasteiger partial charge in [-0.2, -0.15) is 0 Å². The zero-order valence-corrected chi connectivity index (χ0v) is 10.2. The molecule has 0 heterocycles. The van der Waals surface area contributed by atoms with Crippen molar-refractivity contribution in [1.29, 1.82) is 0 Å². The van der Waals surface area contributed by atoms with Crippen molar-refractivity contribution in [3.8, 4) is 0 Å². The minimum absolute atomic E-state index is 0.110. The molecule has 1 aromatic carbocycles. The predicted molar refractivity (Wildman–Crippen MR) is 64.0 cm³/mol. The Morgan fingerprint density at radius 3 is 2.14 bits per heavy atom. The average Bonchev–Trinajstić information content (AvgIpc) is 1.99. The van der Waals surface area contributed by atoms with Crippen LogP contribution in [0.25, 0.3) is 0 Å². The lowest BCUT2D eigenvalue weighted by Crippen LogP contribution is -2.16. The Bertz CT molecular complexity index is 351. The molecule has 0 saturated carbocycles. The van der Waals surface area contributed by atoms with Crippen molar-refractivity contribution in [2.45, 2.75) is 52.9 Å².